The molecule has 2 nitrogen and oxygen atoms in total. The van der Waals surface area contributed by atoms with Crippen LogP contribution in [0.25, 0.3) is 0 Å². The van der Waals surface area contributed by atoms with Crippen LogP contribution in [0.1, 0.15) is 17.5 Å². The van der Waals surface area contributed by atoms with Gasteiger partial charge in [-0.05, 0) is 36.9 Å². The predicted molar refractivity (Wildman–Crippen MR) is 83.8 cm³/mol. The van der Waals surface area contributed by atoms with E-state index < -0.39 is 0 Å². The van der Waals surface area contributed by atoms with Crippen LogP contribution >= 0.6 is 0 Å². The quantitative estimate of drug-likeness (QED) is 0.722. The van der Waals surface area contributed by atoms with Crippen LogP contribution in [0.3, 0.4) is 0 Å². The van der Waals surface area contributed by atoms with Crippen LogP contribution in [-0.2, 0) is 12.8 Å². The van der Waals surface area contributed by atoms with Gasteiger partial charge in [-0.15, -0.1) is 0 Å². The molecule has 0 saturated heterocycles. The van der Waals surface area contributed by atoms with Gasteiger partial charge in [-0.1, -0.05) is 60.7 Å². The van der Waals surface area contributed by atoms with Crippen LogP contribution in [0.15, 0.2) is 60.7 Å². The highest BCUT2D eigenvalue weighted by Gasteiger charge is 2.07. The Kier molecular flexibility index (Phi) is 6.28. The summed E-state index contributed by atoms with van der Waals surface area (Å²) in [5, 5.41) is 12.9. The van der Waals surface area contributed by atoms with E-state index in [1.54, 1.807) is 0 Å². The number of rotatable bonds is 8. The Morgan fingerprint density at radius 2 is 1.45 bits per heavy atom. The zero-order chi connectivity index (χ0) is 14.0. The molecule has 20 heavy (non-hydrogen) atoms. The van der Waals surface area contributed by atoms with Crippen molar-refractivity contribution in [2.75, 3.05) is 13.2 Å². The van der Waals surface area contributed by atoms with Crippen molar-refractivity contribution in [2.24, 2.45) is 0 Å². The van der Waals surface area contributed by atoms with Gasteiger partial charge in [0.05, 0.1) is 6.61 Å². The van der Waals surface area contributed by atoms with Crippen LogP contribution in [0.4, 0.5) is 0 Å². The van der Waals surface area contributed by atoms with Crippen molar-refractivity contribution in [3.05, 3.63) is 71.8 Å². The lowest BCUT2D eigenvalue weighted by molar-refractivity contribution is 0.241. The maximum absolute atomic E-state index is 9.44. The fourth-order valence-electron chi connectivity index (χ4n) is 2.34. The first-order valence-corrected chi connectivity index (χ1v) is 7.30. The Morgan fingerprint density at radius 3 is 2.05 bits per heavy atom. The Morgan fingerprint density at radius 1 is 0.850 bits per heavy atom. The molecule has 106 valence electrons. The second-order valence-electron chi connectivity index (χ2n) is 5.11. The average Bonchev–Trinajstić information content (AvgIpc) is 2.52. The van der Waals surface area contributed by atoms with Gasteiger partial charge in [0.25, 0.3) is 0 Å². The van der Waals surface area contributed by atoms with E-state index in [0.717, 1.165) is 25.8 Å². The summed E-state index contributed by atoms with van der Waals surface area (Å²) in [6, 6.07) is 21.0. The number of aliphatic hydroxyl groups excluding tert-OH is 1. The van der Waals surface area contributed by atoms with E-state index in [9.17, 15) is 5.11 Å². The first kappa shape index (κ1) is 14.8. The van der Waals surface area contributed by atoms with Crippen molar-refractivity contribution in [1.29, 1.82) is 0 Å². The van der Waals surface area contributed by atoms with Gasteiger partial charge >= 0.3 is 0 Å². The number of nitrogens with one attached hydrogen (secondary N) is 1. The SMILES string of the molecule is OCC(Cc1ccccc1)NCCCc1ccccc1. The van der Waals surface area contributed by atoms with E-state index in [4.69, 9.17) is 0 Å². The molecule has 0 aliphatic heterocycles. The van der Waals surface area contributed by atoms with Gasteiger partial charge in [0.15, 0.2) is 0 Å². The molecule has 0 aromatic heterocycles. The number of hydrogen-bond donors (Lipinski definition) is 2. The minimum absolute atomic E-state index is 0.146. The van der Waals surface area contributed by atoms with E-state index in [-0.39, 0.29) is 12.6 Å². The highest BCUT2D eigenvalue weighted by molar-refractivity contribution is 5.16. The minimum Gasteiger partial charge on any atom is -0.395 e. The Labute approximate surface area is 121 Å². The summed E-state index contributed by atoms with van der Waals surface area (Å²) in [6.45, 7) is 1.12. The normalized spacial score (nSPS) is 12.2. The van der Waals surface area contributed by atoms with E-state index in [1.165, 1.54) is 11.1 Å². The van der Waals surface area contributed by atoms with Crippen molar-refractivity contribution in [1.82, 2.24) is 5.32 Å². The first-order valence-electron chi connectivity index (χ1n) is 7.30. The van der Waals surface area contributed by atoms with Gasteiger partial charge in [0.1, 0.15) is 0 Å². The molecule has 2 aromatic carbocycles. The van der Waals surface area contributed by atoms with Crippen molar-refractivity contribution in [2.45, 2.75) is 25.3 Å². The zero-order valence-electron chi connectivity index (χ0n) is 11.8. The van der Waals surface area contributed by atoms with Gasteiger partial charge in [-0.3, -0.25) is 0 Å². The standard InChI is InChI=1S/C18H23NO/c20-15-18(14-17-10-5-2-6-11-17)19-13-7-12-16-8-3-1-4-9-16/h1-6,8-11,18-20H,7,12-15H2. The smallest absolute Gasteiger partial charge is 0.0587 e. The Bertz CT molecular complexity index is 469. The molecule has 0 aliphatic carbocycles. The summed E-state index contributed by atoms with van der Waals surface area (Å²) in [7, 11) is 0. The van der Waals surface area contributed by atoms with Crippen molar-refractivity contribution in [3.63, 3.8) is 0 Å². The molecular formula is C18H23NO. The van der Waals surface area contributed by atoms with Crippen LogP contribution < -0.4 is 5.32 Å². The molecule has 0 aliphatic rings. The fourth-order valence-corrected chi connectivity index (χ4v) is 2.34. The van der Waals surface area contributed by atoms with E-state index in [1.807, 2.05) is 24.3 Å². The summed E-state index contributed by atoms with van der Waals surface area (Å²) in [5.74, 6) is 0. The number of benzene rings is 2. The van der Waals surface area contributed by atoms with Gasteiger partial charge in [-0.2, -0.15) is 0 Å². The highest BCUT2D eigenvalue weighted by atomic mass is 16.3. The lowest BCUT2D eigenvalue weighted by Gasteiger charge is -2.16. The molecule has 2 N–H and O–H groups in total. The maximum atomic E-state index is 9.44. The molecule has 2 heteroatoms. The fraction of sp³-hybridized carbons (Fsp3) is 0.333. The molecule has 0 bridgehead atoms. The molecular weight excluding hydrogens is 246 g/mol. The third-order valence-corrected chi connectivity index (χ3v) is 3.46. The van der Waals surface area contributed by atoms with Crippen molar-refractivity contribution >= 4 is 0 Å². The monoisotopic (exact) mass is 269 g/mol. The molecule has 0 spiro atoms. The molecule has 0 heterocycles. The number of aryl methyl sites for hydroxylation is 1. The van der Waals surface area contributed by atoms with Gasteiger partial charge in [0.2, 0.25) is 0 Å². The molecule has 0 fully saturated rings. The lowest BCUT2D eigenvalue weighted by Crippen LogP contribution is -2.35. The van der Waals surface area contributed by atoms with E-state index in [0.29, 0.717) is 0 Å². The lowest BCUT2D eigenvalue weighted by atomic mass is 10.1. The highest BCUT2D eigenvalue weighted by Crippen LogP contribution is 2.04. The molecule has 0 radical (unpaired) electrons. The van der Waals surface area contributed by atoms with Crippen LogP contribution in [0.5, 0.6) is 0 Å². The minimum atomic E-state index is 0.146. The second kappa shape index (κ2) is 8.51. The predicted octanol–water partition coefficient (Wildman–Crippen LogP) is 2.81. The first-order chi connectivity index (χ1) is 9.88. The van der Waals surface area contributed by atoms with E-state index >= 15 is 0 Å². The topological polar surface area (TPSA) is 32.3 Å². The molecule has 2 rings (SSSR count). The largest absolute Gasteiger partial charge is 0.395 e. The summed E-state index contributed by atoms with van der Waals surface area (Å²) >= 11 is 0. The van der Waals surface area contributed by atoms with Crippen molar-refractivity contribution in [3.8, 4) is 0 Å². The zero-order valence-corrected chi connectivity index (χ0v) is 11.8. The van der Waals surface area contributed by atoms with Crippen LogP contribution in [-0.4, -0.2) is 24.3 Å². The molecule has 0 amide bonds. The maximum Gasteiger partial charge on any atom is 0.0587 e. The molecule has 1 atom stereocenters. The molecule has 0 saturated carbocycles. The van der Waals surface area contributed by atoms with Crippen LogP contribution in [0.2, 0.25) is 0 Å². The second-order valence-corrected chi connectivity index (χ2v) is 5.11. The van der Waals surface area contributed by atoms with Gasteiger partial charge in [0, 0.05) is 6.04 Å². The summed E-state index contributed by atoms with van der Waals surface area (Å²) < 4.78 is 0. The van der Waals surface area contributed by atoms with Gasteiger partial charge < -0.3 is 10.4 Å². The van der Waals surface area contributed by atoms with Gasteiger partial charge in [-0.25, -0.2) is 0 Å². The number of hydrogen-bond acceptors (Lipinski definition) is 2. The molecule has 1 unspecified atom stereocenters. The van der Waals surface area contributed by atoms with E-state index in [2.05, 4.69) is 41.7 Å². The Balaban J connectivity index is 1.69. The third kappa shape index (κ3) is 5.16. The van der Waals surface area contributed by atoms with Crippen molar-refractivity contribution < 1.29 is 5.11 Å². The average molecular weight is 269 g/mol. The van der Waals surface area contributed by atoms with Crippen LogP contribution in [0, 0.1) is 0 Å². The number of aliphatic hydroxyl groups is 1. The third-order valence-electron chi connectivity index (χ3n) is 3.46. The summed E-state index contributed by atoms with van der Waals surface area (Å²) in [6.07, 6.45) is 3.05. The molecule has 2 aromatic rings. The summed E-state index contributed by atoms with van der Waals surface area (Å²) in [5.41, 5.74) is 2.64. The Hall–Kier alpha value is -1.64. The summed E-state index contributed by atoms with van der Waals surface area (Å²) in [4.78, 5) is 0.